The lowest BCUT2D eigenvalue weighted by Crippen LogP contribution is -2.42. The maximum absolute atomic E-state index is 14.0. The molecule has 1 saturated heterocycles. The van der Waals surface area contributed by atoms with Crippen molar-refractivity contribution in [2.24, 2.45) is 0 Å². The van der Waals surface area contributed by atoms with Crippen LogP contribution < -0.4 is 4.90 Å². The number of benzene rings is 2. The molecule has 33 heavy (non-hydrogen) atoms. The van der Waals surface area contributed by atoms with Crippen LogP contribution in [0.4, 0.5) is 10.2 Å². The van der Waals surface area contributed by atoms with Crippen molar-refractivity contribution in [3.8, 4) is 17.2 Å². The van der Waals surface area contributed by atoms with Crippen molar-refractivity contribution >= 4 is 34.4 Å². The van der Waals surface area contributed by atoms with E-state index in [1.54, 1.807) is 27.9 Å². The van der Waals surface area contributed by atoms with Gasteiger partial charge in [0.2, 0.25) is 11.9 Å². The number of carbonyl (C=O) groups excluding carboxylic acids is 1. The second kappa shape index (κ2) is 7.90. The van der Waals surface area contributed by atoms with Crippen molar-refractivity contribution in [1.82, 2.24) is 19.5 Å². The summed E-state index contributed by atoms with van der Waals surface area (Å²) in [6.45, 7) is 1.20. The van der Waals surface area contributed by atoms with Gasteiger partial charge in [-0.15, -0.1) is 0 Å². The third-order valence-electron chi connectivity index (χ3n) is 6.21. The highest BCUT2D eigenvalue weighted by molar-refractivity contribution is 6.33. The average molecular weight is 464 g/mol. The monoisotopic (exact) mass is 463 g/mol. The topological polar surface area (TPSA) is 73.1 Å². The van der Waals surface area contributed by atoms with E-state index in [9.17, 15) is 9.18 Å². The number of carbonyl (C=O) groups is 1. The minimum atomic E-state index is -0.379. The zero-order valence-corrected chi connectivity index (χ0v) is 18.3. The van der Waals surface area contributed by atoms with Crippen molar-refractivity contribution in [2.45, 2.75) is 25.3 Å². The molecule has 0 saturated carbocycles. The van der Waals surface area contributed by atoms with E-state index < -0.39 is 0 Å². The van der Waals surface area contributed by atoms with E-state index in [1.807, 2.05) is 18.2 Å². The number of aromatic nitrogens is 4. The fraction of sp³-hybridized carbons (Fsp3) is 0.250. The highest BCUT2D eigenvalue weighted by Crippen LogP contribution is 2.39. The second-order valence-corrected chi connectivity index (χ2v) is 8.59. The number of halogens is 2. The van der Waals surface area contributed by atoms with E-state index in [0.717, 1.165) is 24.0 Å². The van der Waals surface area contributed by atoms with Crippen molar-refractivity contribution in [3.63, 3.8) is 0 Å². The Labute approximate surface area is 193 Å². The van der Waals surface area contributed by atoms with Gasteiger partial charge in [-0.1, -0.05) is 29.8 Å². The number of hydrogen-bond acceptors (Lipinski definition) is 5. The van der Waals surface area contributed by atoms with Crippen molar-refractivity contribution in [2.75, 3.05) is 18.1 Å². The molecule has 0 N–H and O–H groups in total. The second-order valence-electron chi connectivity index (χ2n) is 8.19. The first kappa shape index (κ1) is 20.3. The highest BCUT2D eigenvalue weighted by Gasteiger charge is 2.38. The normalized spacial score (nSPS) is 16.5. The maximum Gasteiger partial charge on any atom is 0.238 e. The van der Waals surface area contributed by atoms with Gasteiger partial charge in [-0.2, -0.15) is 4.98 Å². The third kappa shape index (κ3) is 3.37. The molecular formula is C24H19ClFN5O2. The van der Waals surface area contributed by atoms with Crippen molar-refractivity contribution in [3.05, 3.63) is 65.2 Å². The van der Waals surface area contributed by atoms with Crippen molar-refractivity contribution < 1.29 is 13.9 Å². The summed E-state index contributed by atoms with van der Waals surface area (Å²) in [6, 6.07) is 11.8. The molecule has 4 aromatic rings. The molecule has 1 fully saturated rings. The number of amides is 1. The van der Waals surface area contributed by atoms with Gasteiger partial charge in [0, 0.05) is 41.5 Å². The number of imidazole rings is 1. The van der Waals surface area contributed by atoms with E-state index >= 15 is 0 Å². The van der Waals surface area contributed by atoms with Crippen LogP contribution in [0.5, 0.6) is 0 Å². The molecule has 2 aliphatic heterocycles. The number of fused-ring (bicyclic) bond motifs is 2. The predicted octanol–water partition coefficient (Wildman–Crippen LogP) is 4.34. The Bertz CT molecular complexity index is 1400. The molecule has 0 radical (unpaired) electrons. The van der Waals surface area contributed by atoms with Crippen LogP contribution in [0.2, 0.25) is 5.02 Å². The molecule has 9 heteroatoms. The molecule has 0 unspecified atom stereocenters. The Morgan fingerprint density at radius 1 is 1.09 bits per heavy atom. The molecule has 4 heterocycles. The highest BCUT2D eigenvalue weighted by atomic mass is 35.5. The fourth-order valence-electron chi connectivity index (χ4n) is 4.62. The summed E-state index contributed by atoms with van der Waals surface area (Å²) in [5.41, 5.74) is 3.23. The fourth-order valence-corrected chi connectivity index (χ4v) is 4.85. The molecule has 7 nitrogen and oxygen atoms in total. The Morgan fingerprint density at radius 2 is 1.91 bits per heavy atom. The summed E-state index contributed by atoms with van der Waals surface area (Å²) < 4.78 is 21.2. The first-order valence-electron chi connectivity index (χ1n) is 10.8. The van der Waals surface area contributed by atoms with Crippen LogP contribution in [0.25, 0.3) is 28.2 Å². The quantitative estimate of drug-likeness (QED) is 0.452. The Kier molecular flexibility index (Phi) is 4.85. The minimum Gasteiger partial charge on any atom is -0.381 e. The zero-order chi connectivity index (χ0) is 22.5. The van der Waals surface area contributed by atoms with E-state index in [4.69, 9.17) is 26.3 Å². The molecule has 166 valence electrons. The number of hydrogen-bond donors (Lipinski definition) is 0. The van der Waals surface area contributed by atoms with Crippen LogP contribution in [0.1, 0.15) is 18.4 Å². The molecule has 2 aromatic heterocycles. The van der Waals surface area contributed by atoms with Gasteiger partial charge in [-0.05, 0) is 31.0 Å². The lowest BCUT2D eigenvalue weighted by molar-refractivity contribution is -0.118. The summed E-state index contributed by atoms with van der Waals surface area (Å²) in [7, 11) is 0. The molecule has 0 atom stereocenters. The van der Waals surface area contributed by atoms with E-state index in [2.05, 4.69) is 4.98 Å². The van der Waals surface area contributed by atoms with E-state index in [0.29, 0.717) is 46.7 Å². The van der Waals surface area contributed by atoms with Gasteiger partial charge in [0.15, 0.2) is 0 Å². The van der Waals surface area contributed by atoms with Crippen LogP contribution in [-0.4, -0.2) is 44.7 Å². The van der Waals surface area contributed by atoms with Crippen LogP contribution >= 0.6 is 11.6 Å². The van der Waals surface area contributed by atoms with Crippen LogP contribution in [0, 0.1) is 5.82 Å². The molecule has 0 bridgehead atoms. The Hall–Kier alpha value is -3.36. The zero-order valence-electron chi connectivity index (χ0n) is 17.5. The van der Waals surface area contributed by atoms with E-state index in [-0.39, 0.29) is 24.2 Å². The first-order valence-corrected chi connectivity index (χ1v) is 11.2. The largest absolute Gasteiger partial charge is 0.381 e. The summed E-state index contributed by atoms with van der Waals surface area (Å²) in [5, 5.41) is 0.530. The Morgan fingerprint density at radius 3 is 2.73 bits per heavy atom. The molecule has 0 aliphatic carbocycles. The molecule has 6 rings (SSSR count). The van der Waals surface area contributed by atoms with Gasteiger partial charge in [0.05, 0.1) is 23.1 Å². The summed E-state index contributed by atoms with van der Waals surface area (Å²) in [5.74, 6) is 0.488. The van der Waals surface area contributed by atoms with Crippen LogP contribution in [0.15, 0.2) is 48.8 Å². The van der Waals surface area contributed by atoms with Gasteiger partial charge in [0.25, 0.3) is 0 Å². The molecule has 2 aliphatic rings. The number of nitrogens with zero attached hydrogens (tertiary/aromatic N) is 5. The number of rotatable bonds is 3. The molecular weight excluding hydrogens is 445 g/mol. The summed E-state index contributed by atoms with van der Waals surface area (Å²) in [6.07, 6.45) is 3.25. The van der Waals surface area contributed by atoms with Gasteiger partial charge in [-0.25, -0.2) is 14.4 Å². The lowest BCUT2D eigenvalue weighted by atomic mass is 10.1. The minimum absolute atomic E-state index is 0.00585. The maximum atomic E-state index is 14.0. The van der Waals surface area contributed by atoms with Gasteiger partial charge in [-0.3, -0.25) is 14.3 Å². The number of anilines is 1. The van der Waals surface area contributed by atoms with Gasteiger partial charge in [0.1, 0.15) is 18.0 Å². The summed E-state index contributed by atoms with van der Waals surface area (Å²) in [4.78, 5) is 28.9. The number of ether oxygens (including phenoxy) is 1. The third-order valence-corrected chi connectivity index (χ3v) is 6.54. The Balaban J connectivity index is 1.59. The van der Waals surface area contributed by atoms with E-state index in [1.165, 1.54) is 12.1 Å². The molecule has 1 amide bonds. The predicted molar refractivity (Wildman–Crippen MR) is 122 cm³/mol. The lowest BCUT2D eigenvalue weighted by Gasteiger charge is -2.31. The smallest absolute Gasteiger partial charge is 0.238 e. The SMILES string of the molecule is O=C1Cc2c(-c3ccccc3Cl)nc(-n3cnc4ccc(F)cc43)nc2N1C1CCOCC1. The van der Waals surface area contributed by atoms with Crippen molar-refractivity contribution in [1.29, 1.82) is 0 Å². The van der Waals surface area contributed by atoms with Crippen LogP contribution in [0.3, 0.4) is 0 Å². The summed E-state index contributed by atoms with van der Waals surface area (Å²) >= 11 is 6.53. The average Bonchev–Trinajstić information content (AvgIpc) is 3.39. The van der Waals surface area contributed by atoms with Gasteiger partial charge < -0.3 is 4.74 Å². The first-order chi connectivity index (χ1) is 16.1. The molecule has 2 aromatic carbocycles. The molecule has 0 spiro atoms. The van der Waals surface area contributed by atoms with Crippen LogP contribution in [-0.2, 0) is 16.0 Å². The standard InChI is InChI=1S/C24H19ClFN5O2/c25-18-4-2-1-3-16(18)22-17-12-21(32)31(15-7-9-33-10-8-15)23(17)29-24(28-22)30-13-27-19-6-5-14(26)11-20(19)30/h1-6,11,13,15H,7-10,12H2. The van der Waals surface area contributed by atoms with Gasteiger partial charge >= 0.3 is 0 Å².